The van der Waals surface area contributed by atoms with Crippen LogP contribution < -0.4 is 10.6 Å². The largest absolute Gasteiger partial charge is 0.480 e. The highest BCUT2D eigenvalue weighted by atomic mass is 16.4. The quantitative estimate of drug-likeness (QED) is 0.403. The highest BCUT2D eigenvalue weighted by molar-refractivity contribution is 5.82. The number of hydrogen-bond donors (Lipinski definition) is 3. The van der Waals surface area contributed by atoms with E-state index < -0.39 is 18.0 Å². The Hall–Kier alpha value is -1.52. The average Bonchev–Trinajstić information content (AvgIpc) is 2.36. The van der Waals surface area contributed by atoms with Crippen molar-refractivity contribution in [2.45, 2.75) is 58.4 Å². The summed E-state index contributed by atoms with van der Waals surface area (Å²) in [5.41, 5.74) is 0. The van der Waals surface area contributed by atoms with E-state index in [9.17, 15) is 9.59 Å². The number of carbonyl (C=O) groups is 2. The fraction of sp³-hybridized carbons (Fsp3) is 0.733. The zero-order valence-corrected chi connectivity index (χ0v) is 12.7. The van der Waals surface area contributed by atoms with Crippen LogP contribution in [-0.4, -0.2) is 29.7 Å². The zero-order valence-electron chi connectivity index (χ0n) is 12.7. The molecule has 0 aromatic heterocycles. The van der Waals surface area contributed by atoms with Crippen LogP contribution in [0, 0.1) is 5.92 Å². The molecule has 2 amide bonds. The summed E-state index contributed by atoms with van der Waals surface area (Å²) in [6, 6.07) is -1.33. The fourth-order valence-electron chi connectivity index (χ4n) is 1.83. The van der Waals surface area contributed by atoms with Gasteiger partial charge in [-0.3, -0.25) is 0 Å². The number of aliphatic carboxylic acids is 1. The number of unbranched alkanes of at least 4 members (excludes halogenated alkanes) is 3. The Morgan fingerprint density at radius 3 is 2.40 bits per heavy atom. The molecular weight excluding hydrogens is 256 g/mol. The number of rotatable bonds is 11. The minimum Gasteiger partial charge on any atom is -0.480 e. The SMILES string of the molecule is C=CCC(NC(=O)NCCCCCCC(C)C)C(=O)O. The van der Waals surface area contributed by atoms with Gasteiger partial charge in [-0.2, -0.15) is 0 Å². The summed E-state index contributed by atoms with van der Waals surface area (Å²) in [5.74, 6) is -0.301. The standard InChI is InChI=1S/C15H28N2O3/c1-4-9-13(14(18)19)17-15(20)16-11-8-6-5-7-10-12(2)3/h4,12-13H,1,5-11H2,2-3H3,(H,18,19)(H2,16,17,20). The molecule has 0 spiro atoms. The minimum absolute atomic E-state index is 0.220. The van der Waals surface area contributed by atoms with E-state index in [1.807, 2.05) is 0 Å². The van der Waals surface area contributed by atoms with Crippen LogP contribution in [0.25, 0.3) is 0 Å². The molecule has 20 heavy (non-hydrogen) atoms. The van der Waals surface area contributed by atoms with Gasteiger partial charge < -0.3 is 15.7 Å². The van der Waals surface area contributed by atoms with Crippen LogP contribution in [0.2, 0.25) is 0 Å². The molecular formula is C15H28N2O3. The molecule has 5 heteroatoms. The second kappa shape index (κ2) is 11.3. The predicted molar refractivity (Wildman–Crippen MR) is 80.7 cm³/mol. The number of amides is 2. The summed E-state index contributed by atoms with van der Waals surface area (Å²) in [6.45, 7) is 8.48. The third-order valence-corrected chi connectivity index (χ3v) is 3.00. The molecule has 0 aliphatic carbocycles. The van der Waals surface area contributed by atoms with E-state index in [4.69, 9.17) is 5.11 Å². The van der Waals surface area contributed by atoms with Crippen molar-refractivity contribution in [3.63, 3.8) is 0 Å². The lowest BCUT2D eigenvalue weighted by atomic mass is 10.0. The molecule has 1 atom stereocenters. The maximum absolute atomic E-state index is 11.5. The van der Waals surface area contributed by atoms with Crippen molar-refractivity contribution in [2.75, 3.05) is 6.54 Å². The Labute approximate surface area is 121 Å². The van der Waals surface area contributed by atoms with Gasteiger partial charge in [0.15, 0.2) is 0 Å². The van der Waals surface area contributed by atoms with E-state index in [-0.39, 0.29) is 6.42 Å². The Morgan fingerprint density at radius 2 is 1.85 bits per heavy atom. The lowest BCUT2D eigenvalue weighted by molar-refractivity contribution is -0.139. The van der Waals surface area contributed by atoms with Crippen molar-refractivity contribution >= 4 is 12.0 Å². The summed E-state index contributed by atoms with van der Waals surface area (Å²) in [5, 5.41) is 14.0. The number of carboxylic acids is 1. The number of carboxylic acid groups (broad SMARTS) is 1. The maximum atomic E-state index is 11.5. The van der Waals surface area contributed by atoms with Gasteiger partial charge in [-0.25, -0.2) is 9.59 Å². The molecule has 0 rings (SSSR count). The first-order chi connectivity index (χ1) is 9.47. The van der Waals surface area contributed by atoms with E-state index in [1.54, 1.807) is 0 Å². The Kier molecular flexibility index (Phi) is 10.5. The van der Waals surface area contributed by atoms with Crippen LogP contribution in [0.5, 0.6) is 0 Å². The monoisotopic (exact) mass is 284 g/mol. The van der Waals surface area contributed by atoms with Crippen LogP contribution in [0.4, 0.5) is 4.79 Å². The van der Waals surface area contributed by atoms with Gasteiger partial charge in [0.25, 0.3) is 0 Å². The van der Waals surface area contributed by atoms with E-state index in [0.717, 1.165) is 18.8 Å². The lowest BCUT2D eigenvalue weighted by Crippen LogP contribution is -2.45. The topological polar surface area (TPSA) is 78.4 Å². The molecule has 0 saturated carbocycles. The van der Waals surface area contributed by atoms with Gasteiger partial charge in [0.05, 0.1) is 0 Å². The van der Waals surface area contributed by atoms with E-state index in [0.29, 0.717) is 6.54 Å². The number of nitrogens with one attached hydrogen (secondary N) is 2. The number of hydrogen-bond acceptors (Lipinski definition) is 2. The molecule has 116 valence electrons. The lowest BCUT2D eigenvalue weighted by Gasteiger charge is -2.13. The van der Waals surface area contributed by atoms with Gasteiger partial charge in [0.2, 0.25) is 0 Å². The van der Waals surface area contributed by atoms with Gasteiger partial charge in [0.1, 0.15) is 6.04 Å². The van der Waals surface area contributed by atoms with Gasteiger partial charge >= 0.3 is 12.0 Å². The Balaban J connectivity index is 3.62. The Bertz CT molecular complexity index is 303. The normalized spacial score (nSPS) is 11.9. The summed E-state index contributed by atoms with van der Waals surface area (Å²) in [4.78, 5) is 22.3. The first-order valence-corrected chi connectivity index (χ1v) is 7.35. The molecule has 0 fully saturated rings. The summed E-state index contributed by atoms with van der Waals surface area (Å²) in [7, 11) is 0. The second-order valence-corrected chi connectivity index (χ2v) is 5.41. The first kappa shape index (κ1) is 18.5. The molecule has 0 aliphatic rings. The molecule has 5 nitrogen and oxygen atoms in total. The van der Waals surface area contributed by atoms with Crippen LogP contribution in [0.1, 0.15) is 52.4 Å². The predicted octanol–water partition coefficient (Wildman–Crippen LogP) is 2.92. The van der Waals surface area contributed by atoms with Gasteiger partial charge in [-0.15, -0.1) is 6.58 Å². The van der Waals surface area contributed by atoms with Crippen LogP contribution >= 0.6 is 0 Å². The van der Waals surface area contributed by atoms with E-state index in [2.05, 4.69) is 31.1 Å². The zero-order chi connectivity index (χ0) is 15.4. The molecule has 0 saturated heterocycles. The van der Waals surface area contributed by atoms with Crippen LogP contribution in [0.15, 0.2) is 12.7 Å². The third-order valence-electron chi connectivity index (χ3n) is 3.00. The van der Waals surface area contributed by atoms with Crippen molar-refractivity contribution in [1.82, 2.24) is 10.6 Å². The van der Waals surface area contributed by atoms with Gasteiger partial charge in [-0.05, 0) is 18.8 Å². The maximum Gasteiger partial charge on any atom is 0.326 e. The Morgan fingerprint density at radius 1 is 1.20 bits per heavy atom. The van der Waals surface area contributed by atoms with Crippen LogP contribution in [-0.2, 0) is 4.79 Å². The summed E-state index contributed by atoms with van der Waals surface area (Å²) < 4.78 is 0. The van der Waals surface area contributed by atoms with Crippen molar-refractivity contribution < 1.29 is 14.7 Å². The molecule has 0 heterocycles. The molecule has 0 aromatic rings. The average molecular weight is 284 g/mol. The number of urea groups is 1. The van der Waals surface area contributed by atoms with Crippen LogP contribution in [0.3, 0.4) is 0 Å². The molecule has 0 aliphatic heterocycles. The third kappa shape index (κ3) is 10.4. The van der Waals surface area contributed by atoms with Gasteiger partial charge in [0, 0.05) is 6.54 Å². The smallest absolute Gasteiger partial charge is 0.326 e. The van der Waals surface area contributed by atoms with Crippen molar-refractivity contribution in [1.29, 1.82) is 0 Å². The second-order valence-electron chi connectivity index (χ2n) is 5.41. The molecule has 0 bridgehead atoms. The first-order valence-electron chi connectivity index (χ1n) is 7.35. The van der Waals surface area contributed by atoms with E-state index in [1.165, 1.54) is 25.3 Å². The molecule has 1 unspecified atom stereocenters. The minimum atomic E-state index is -1.05. The van der Waals surface area contributed by atoms with E-state index >= 15 is 0 Å². The highest BCUT2D eigenvalue weighted by Gasteiger charge is 2.17. The molecule has 0 radical (unpaired) electrons. The fourth-order valence-corrected chi connectivity index (χ4v) is 1.83. The van der Waals surface area contributed by atoms with Gasteiger partial charge in [-0.1, -0.05) is 45.6 Å². The van der Waals surface area contributed by atoms with Crippen molar-refractivity contribution in [2.24, 2.45) is 5.92 Å². The number of carbonyl (C=O) groups excluding carboxylic acids is 1. The summed E-state index contributed by atoms with van der Waals surface area (Å²) in [6.07, 6.45) is 7.36. The van der Waals surface area contributed by atoms with Crippen molar-refractivity contribution in [3.8, 4) is 0 Å². The highest BCUT2D eigenvalue weighted by Crippen LogP contribution is 2.08. The molecule has 0 aromatic carbocycles. The van der Waals surface area contributed by atoms with Crippen molar-refractivity contribution in [3.05, 3.63) is 12.7 Å². The molecule has 3 N–H and O–H groups in total. The summed E-state index contributed by atoms with van der Waals surface area (Å²) >= 11 is 0.